The fourth-order valence-electron chi connectivity index (χ4n) is 0.741. The van der Waals surface area contributed by atoms with Crippen LogP contribution in [0.3, 0.4) is 0 Å². The van der Waals surface area contributed by atoms with Crippen molar-refractivity contribution in [2.75, 3.05) is 0 Å². The van der Waals surface area contributed by atoms with Crippen LogP contribution in [0.25, 0.3) is 0 Å². The summed E-state index contributed by atoms with van der Waals surface area (Å²) >= 11 is 0. The number of hydrogen-bond donors (Lipinski definition) is 3. The molecule has 0 bridgehead atoms. The SMILES string of the molecule is CC(=O)O.CC(O)(C(F)(F)F)C(F)(F)F.O=C(O)c1ccccc1. The largest absolute Gasteiger partial charge is 0.481 e. The van der Waals surface area contributed by atoms with Crippen LogP contribution in [-0.2, 0) is 4.79 Å². The van der Waals surface area contributed by atoms with Crippen LogP contribution in [0.1, 0.15) is 24.2 Å². The zero-order valence-electron chi connectivity index (χ0n) is 12.3. The molecule has 0 radical (unpaired) electrons. The van der Waals surface area contributed by atoms with Crippen LogP contribution in [0, 0.1) is 0 Å². The minimum absolute atomic E-state index is 0.331. The highest BCUT2D eigenvalue weighted by molar-refractivity contribution is 5.87. The highest BCUT2D eigenvalue weighted by Crippen LogP contribution is 2.42. The predicted octanol–water partition coefficient (Wildman–Crippen LogP) is 3.34. The number of carboxylic acid groups (broad SMARTS) is 2. The highest BCUT2D eigenvalue weighted by atomic mass is 19.4. The lowest BCUT2D eigenvalue weighted by atomic mass is 10.1. The van der Waals surface area contributed by atoms with Crippen molar-refractivity contribution in [3.8, 4) is 0 Å². The van der Waals surface area contributed by atoms with Crippen molar-refractivity contribution < 1.29 is 51.3 Å². The highest BCUT2D eigenvalue weighted by Gasteiger charge is 2.67. The number of aliphatic hydroxyl groups is 1. The summed E-state index contributed by atoms with van der Waals surface area (Å²) in [5.74, 6) is -1.71. The number of hydrogen-bond acceptors (Lipinski definition) is 3. The first-order chi connectivity index (χ1) is 10.5. The van der Waals surface area contributed by atoms with E-state index in [9.17, 15) is 31.1 Å². The summed E-state index contributed by atoms with van der Waals surface area (Å²) in [7, 11) is 0. The maximum absolute atomic E-state index is 11.4. The molecule has 24 heavy (non-hydrogen) atoms. The summed E-state index contributed by atoms with van der Waals surface area (Å²) in [6, 6.07) is 8.30. The maximum Gasteiger partial charge on any atom is 0.425 e. The Morgan fingerprint density at radius 1 is 0.875 bits per heavy atom. The first-order valence-electron chi connectivity index (χ1n) is 5.87. The van der Waals surface area contributed by atoms with Crippen LogP contribution >= 0.6 is 0 Å². The molecular weight excluding hydrogens is 350 g/mol. The summed E-state index contributed by atoms with van der Waals surface area (Å²) in [5, 5.41) is 23.7. The molecule has 0 saturated carbocycles. The van der Waals surface area contributed by atoms with Gasteiger partial charge in [-0.1, -0.05) is 18.2 Å². The molecule has 0 aromatic heterocycles. The van der Waals surface area contributed by atoms with Crippen molar-refractivity contribution in [1.82, 2.24) is 0 Å². The number of carbonyl (C=O) groups is 2. The van der Waals surface area contributed by atoms with Crippen molar-refractivity contribution in [2.24, 2.45) is 0 Å². The second-order valence-electron chi connectivity index (χ2n) is 4.26. The van der Waals surface area contributed by atoms with Gasteiger partial charge in [-0.25, -0.2) is 4.79 Å². The van der Waals surface area contributed by atoms with Crippen LogP contribution in [0.2, 0.25) is 0 Å². The second kappa shape index (κ2) is 9.11. The molecule has 1 aromatic rings. The molecule has 0 fully saturated rings. The van der Waals surface area contributed by atoms with Crippen LogP contribution < -0.4 is 0 Å². The Labute approximate surface area is 132 Å². The van der Waals surface area contributed by atoms with Gasteiger partial charge in [0.05, 0.1) is 5.56 Å². The van der Waals surface area contributed by atoms with E-state index in [-0.39, 0.29) is 6.92 Å². The third kappa shape index (κ3) is 8.98. The molecule has 0 saturated heterocycles. The normalized spacial score (nSPS) is 11.4. The summed E-state index contributed by atoms with van der Waals surface area (Å²) in [4.78, 5) is 19.2. The minimum Gasteiger partial charge on any atom is -0.481 e. The Bertz CT molecular complexity index is 502. The molecule has 0 atom stereocenters. The third-order valence-corrected chi connectivity index (χ3v) is 2.12. The van der Waals surface area contributed by atoms with E-state index < -0.39 is 29.9 Å². The van der Waals surface area contributed by atoms with Gasteiger partial charge >= 0.3 is 18.3 Å². The van der Waals surface area contributed by atoms with E-state index in [1.54, 1.807) is 30.3 Å². The lowest BCUT2D eigenvalue weighted by molar-refractivity contribution is -0.360. The molecule has 0 unspecified atom stereocenters. The summed E-state index contributed by atoms with van der Waals surface area (Å²) < 4.78 is 68.2. The van der Waals surface area contributed by atoms with Gasteiger partial charge in [0.15, 0.2) is 0 Å². The molecule has 138 valence electrons. The first kappa shape index (κ1) is 24.0. The Hall–Kier alpha value is -2.30. The van der Waals surface area contributed by atoms with Gasteiger partial charge in [0.25, 0.3) is 11.6 Å². The number of halogens is 6. The summed E-state index contributed by atoms with van der Waals surface area (Å²) in [6.07, 6.45) is -11.4. The Balaban J connectivity index is 0. The molecule has 3 N–H and O–H groups in total. The second-order valence-corrected chi connectivity index (χ2v) is 4.26. The number of benzene rings is 1. The summed E-state index contributed by atoms with van der Waals surface area (Å²) in [5.41, 5.74) is -4.29. The van der Waals surface area contributed by atoms with Gasteiger partial charge in [-0.15, -0.1) is 0 Å². The number of aromatic carboxylic acids is 1. The molecule has 0 heterocycles. The lowest BCUT2D eigenvalue weighted by Gasteiger charge is -2.28. The van der Waals surface area contributed by atoms with Crippen LogP contribution in [-0.4, -0.2) is 45.2 Å². The minimum atomic E-state index is -5.69. The van der Waals surface area contributed by atoms with E-state index in [2.05, 4.69) is 0 Å². The monoisotopic (exact) mass is 364 g/mol. The van der Waals surface area contributed by atoms with E-state index in [4.69, 9.17) is 20.1 Å². The first-order valence-corrected chi connectivity index (χ1v) is 5.87. The summed E-state index contributed by atoms with van der Waals surface area (Å²) in [6.45, 7) is 0.743. The maximum atomic E-state index is 11.4. The zero-order chi connectivity index (χ0) is 19.8. The average molecular weight is 364 g/mol. The van der Waals surface area contributed by atoms with Crippen molar-refractivity contribution >= 4 is 11.9 Å². The van der Waals surface area contributed by atoms with Crippen LogP contribution in [0.4, 0.5) is 26.3 Å². The molecule has 11 heteroatoms. The van der Waals surface area contributed by atoms with Crippen molar-refractivity contribution in [3.05, 3.63) is 35.9 Å². The van der Waals surface area contributed by atoms with Crippen LogP contribution in [0.5, 0.6) is 0 Å². The van der Waals surface area contributed by atoms with Gasteiger partial charge in [0.1, 0.15) is 0 Å². The average Bonchev–Trinajstić information content (AvgIpc) is 2.37. The smallest absolute Gasteiger partial charge is 0.425 e. The van der Waals surface area contributed by atoms with E-state index >= 15 is 0 Å². The molecule has 1 rings (SSSR count). The Morgan fingerprint density at radius 3 is 1.29 bits per heavy atom. The van der Waals surface area contributed by atoms with Gasteiger partial charge < -0.3 is 15.3 Å². The molecule has 1 aromatic carbocycles. The number of alkyl halides is 6. The van der Waals surface area contributed by atoms with Crippen molar-refractivity contribution in [2.45, 2.75) is 31.8 Å². The molecular formula is C13H14F6O5. The fourth-order valence-corrected chi connectivity index (χ4v) is 0.741. The Morgan fingerprint density at radius 2 is 1.17 bits per heavy atom. The van der Waals surface area contributed by atoms with Gasteiger partial charge in [-0.2, -0.15) is 26.3 Å². The molecule has 5 nitrogen and oxygen atoms in total. The standard InChI is InChI=1S/C7H6O2.C4H4F6O.C2H4O2/c8-7(9)6-4-2-1-3-5-6;1-2(11,3(5,6)7)4(8,9)10;1-2(3)4/h1-5H,(H,8,9);11H,1H3;1H3,(H,3,4). The molecule has 0 aliphatic carbocycles. The topological polar surface area (TPSA) is 94.8 Å². The zero-order valence-corrected chi connectivity index (χ0v) is 12.3. The number of rotatable bonds is 1. The van der Waals surface area contributed by atoms with E-state index in [1.165, 1.54) is 0 Å². The number of aliphatic carboxylic acids is 1. The van der Waals surface area contributed by atoms with Gasteiger partial charge in [-0.3, -0.25) is 4.79 Å². The van der Waals surface area contributed by atoms with Crippen LogP contribution in [0.15, 0.2) is 30.3 Å². The Kier molecular flexibility index (Phi) is 9.09. The van der Waals surface area contributed by atoms with Gasteiger partial charge in [0, 0.05) is 6.92 Å². The molecule has 0 aliphatic rings. The van der Waals surface area contributed by atoms with Crippen molar-refractivity contribution in [3.63, 3.8) is 0 Å². The van der Waals surface area contributed by atoms with Gasteiger partial charge in [-0.05, 0) is 19.1 Å². The fraction of sp³-hybridized carbons (Fsp3) is 0.385. The van der Waals surface area contributed by atoms with E-state index in [1.807, 2.05) is 0 Å². The molecule has 0 aliphatic heterocycles. The molecule has 0 spiro atoms. The predicted molar refractivity (Wildman–Crippen MR) is 69.4 cm³/mol. The van der Waals surface area contributed by atoms with E-state index in [0.717, 1.165) is 6.92 Å². The lowest BCUT2D eigenvalue weighted by Crippen LogP contribution is -2.54. The third-order valence-electron chi connectivity index (χ3n) is 2.12. The van der Waals surface area contributed by atoms with Gasteiger partial charge in [0.2, 0.25) is 0 Å². The number of carboxylic acids is 2. The van der Waals surface area contributed by atoms with Crippen molar-refractivity contribution in [1.29, 1.82) is 0 Å². The molecule has 0 amide bonds. The van der Waals surface area contributed by atoms with E-state index in [0.29, 0.717) is 5.56 Å². The quantitative estimate of drug-likeness (QED) is 0.665.